The van der Waals surface area contributed by atoms with Gasteiger partial charge in [0.05, 0.1) is 10.2 Å². The van der Waals surface area contributed by atoms with Gasteiger partial charge in [-0.15, -0.1) is 36.2 Å². The van der Waals surface area contributed by atoms with Crippen molar-refractivity contribution in [1.29, 1.82) is 0 Å². The van der Waals surface area contributed by atoms with Crippen molar-refractivity contribution >= 4 is 58.1 Å². The first-order valence-corrected chi connectivity index (χ1v) is 9.83. The monoisotopic (exact) mass is 432 g/mol. The number of amides is 1. The summed E-state index contributed by atoms with van der Waals surface area (Å²) in [5.74, 6) is 1.34. The van der Waals surface area contributed by atoms with Crippen LogP contribution in [0.2, 0.25) is 0 Å². The Balaban J connectivity index is 0.00000131. The standard InChI is InChI=1S/C17H24N6OS.2ClH/c24-15(22-6-3-18-4-7-22)1-5-21-8-10-23(11-9-21)17-16-14(2-12-25-16)19-13-20-17;;/h2,12-13,18H,1,3-11H2;2*1H. The van der Waals surface area contributed by atoms with Gasteiger partial charge in [0, 0.05) is 65.3 Å². The number of anilines is 1. The van der Waals surface area contributed by atoms with Gasteiger partial charge < -0.3 is 15.1 Å². The fraction of sp³-hybridized carbons (Fsp3) is 0.588. The second-order valence-corrected chi connectivity index (χ2v) is 7.46. The Kier molecular flexibility index (Phi) is 8.50. The Morgan fingerprint density at radius 2 is 1.81 bits per heavy atom. The highest BCUT2D eigenvalue weighted by Crippen LogP contribution is 2.28. The summed E-state index contributed by atoms with van der Waals surface area (Å²) in [6.07, 6.45) is 2.28. The van der Waals surface area contributed by atoms with Crippen molar-refractivity contribution in [2.24, 2.45) is 0 Å². The normalized spacial score (nSPS) is 18.1. The lowest BCUT2D eigenvalue weighted by Crippen LogP contribution is -2.49. The Hall–Kier alpha value is -1.19. The second-order valence-electron chi connectivity index (χ2n) is 6.54. The molecule has 2 aromatic heterocycles. The van der Waals surface area contributed by atoms with Crippen LogP contribution in [0.4, 0.5) is 5.82 Å². The zero-order valence-corrected chi connectivity index (χ0v) is 17.6. The first kappa shape index (κ1) is 22.1. The third-order valence-electron chi connectivity index (χ3n) is 5.01. The van der Waals surface area contributed by atoms with Gasteiger partial charge in [-0.25, -0.2) is 9.97 Å². The van der Waals surface area contributed by atoms with E-state index in [4.69, 9.17) is 0 Å². The first-order chi connectivity index (χ1) is 12.3. The number of nitrogens with zero attached hydrogens (tertiary/aromatic N) is 5. The number of piperazine rings is 2. The maximum atomic E-state index is 12.3. The molecule has 2 aromatic rings. The number of aromatic nitrogens is 2. The SMILES string of the molecule is Cl.Cl.O=C(CCN1CCN(c2ncnc3ccsc23)CC1)N1CCNCC1. The number of hydrogen-bond acceptors (Lipinski definition) is 7. The third kappa shape index (κ3) is 5.20. The Bertz CT molecular complexity index is 731. The van der Waals surface area contributed by atoms with E-state index in [0.717, 1.165) is 70.2 Å². The van der Waals surface area contributed by atoms with E-state index in [0.29, 0.717) is 12.3 Å². The Labute approximate surface area is 175 Å². The number of halogens is 2. The number of carbonyl (C=O) groups is 1. The topological polar surface area (TPSA) is 64.6 Å². The molecule has 0 radical (unpaired) electrons. The van der Waals surface area contributed by atoms with E-state index >= 15 is 0 Å². The van der Waals surface area contributed by atoms with E-state index in [1.165, 1.54) is 4.70 Å². The van der Waals surface area contributed by atoms with Crippen LogP contribution >= 0.6 is 36.2 Å². The highest BCUT2D eigenvalue weighted by atomic mass is 35.5. The molecule has 2 aliphatic heterocycles. The smallest absolute Gasteiger partial charge is 0.223 e. The lowest BCUT2D eigenvalue weighted by atomic mass is 10.2. The fourth-order valence-electron chi connectivity index (χ4n) is 3.51. The molecule has 1 amide bonds. The molecule has 10 heteroatoms. The summed E-state index contributed by atoms with van der Waals surface area (Å²) in [5.41, 5.74) is 1.03. The van der Waals surface area contributed by atoms with Crippen LogP contribution < -0.4 is 10.2 Å². The maximum Gasteiger partial charge on any atom is 0.223 e. The molecule has 0 spiro atoms. The molecule has 1 N–H and O–H groups in total. The molecule has 2 aliphatic rings. The van der Waals surface area contributed by atoms with Gasteiger partial charge in [-0.2, -0.15) is 0 Å². The van der Waals surface area contributed by atoms with Crippen LogP contribution in [-0.4, -0.2) is 84.6 Å². The average molecular weight is 433 g/mol. The summed E-state index contributed by atoms with van der Waals surface area (Å²) in [4.78, 5) is 27.8. The van der Waals surface area contributed by atoms with Crippen LogP contribution in [0.3, 0.4) is 0 Å². The van der Waals surface area contributed by atoms with E-state index in [1.54, 1.807) is 17.7 Å². The van der Waals surface area contributed by atoms with Crippen LogP contribution in [0.1, 0.15) is 6.42 Å². The maximum absolute atomic E-state index is 12.3. The summed E-state index contributed by atoms with van der Waals surface area (Å²) in [6.45, 7) is 8.24. The molecule has 150 valence electrons. The summed E-state index contributed by atoms with van der Waals surface area (Å²) >= 11 is 1.70. The molecule has 4 heterocycles. The lowest BCUT2D eigenvalue weighted by Gasteiger charge is -2.36. The van der Waals surface area contributed by atoms with Crippen molar-refractivity contribution in [3.63, 3.8) is 0 Å². The molecule has 0 unspecified atom stereocenters. The van der Waals surface area contributed by atoms with Crippen LogP contribution in [0.15, 0.2) is 17.8 Å². The van der Waals surface area contributed by atoms with Crippen LogP contribution in [0, 0.1) is 0 Å². The molecule has 0 atom stereocenters. The minimum Gasteiger partial charge on any atom is -0.353 e. The zero-order valence-electron chi connectivity index (χ0n) is 15.2. The molecule has 4 rings (SSSR count). The molecule has 0 saturated carbocycles. The third-order valence-corrected chi connectivity index (χ3v) is 5.91. The van der Waals surface area contributed by atoms with Gasteiger partial charge in [-0.05, 0) is 11.4 Å². The zero-order chi connectivity index (χ0) is 17.1. The van der Waals surface area contributed by atoms with E-state index < -0.39 is 0 Å². The van der Waals surface area contributed by atoms with Crippen LogP contribution in [0.25, 0.3) is 10.2 Å². The Morgan fingerprint density at radius 1 is 1.07 bits per heavy atom. The molecule has 0 bridgehead atoms. The Morgan fingerprint density at radius 3 is 2.56 bits per heavy atom. The molecule has 0 aromatic carbocycles. The predicted octanol–water partition coefficient (Wildman–Crippen LogP) is 1.48. The summed E-state index contributed by atoms with van der Waals surface area (Å²) in [6, 6.07) is 2.04. The van der Waals surface area contributed by atoms with Crippen molar-refractivity contribution in [1.82, 2.24) is 25.1 Å². The van der Waals surface area contributed by atoms with Gasteiger partial charge in [0.1, 0.15) is 12.1 Å². The number of thiophene rings is 1. The fourth-order valence-corrected chi connectivity index (χ4v) is 4.37. The number of fused-ring (bicyclic) bond motifs is 1. The molecule has 7 nitrogen and oxygen atoms in total. The molecular weight excluding hydrogens is 407 g/mol. The number of hydrogen-bond donors (Lipinski definition) is 1. The van der Waals surface area contributed by atoms with Crippen molar-refractivity contribution < 1.29 is 4.79 Å². The number of rotatable bonds is 4. The minimum absolute atomic E-state index is 0. The quantitative estimate of drug-likeness (QED) is 0.788. The van der Waals surface area contributed by atoms with Crippen LogP contribution in [0.5, 0.6) is 0 Å². The average Bonchev–Trinajstić information content (AvgIpc) is 3.16. The second kappa shape index (κ2) is 10.4. The summed E-state index contributed by atoms with van der Waals surface area (Å²) in [7, 11) is 0. The van der Waals surface area contributed by atoms with Gasteiger partial charge in [-0.3, -0.25) is 9.69 Å². The predicted molar refractivity (Wildman–Crippen MR) is 115 cm³/mol. The molecule has 2 fully saturated rings. The summed E-state index contributed by atoms with van der Waals surface area (Å²) in [5, 5.41) is 5.36. The van der Waals surface area contributed by atoms with Crippen molar-refractivity contribution in [2.45, 2.75) is 6.42 Å². The van der Waals surface area contributed by atoms with Gasteiger partial charge in [0.2, 0.25) is 5.91 Å². The van der Waals surface area contributed by atoms with E-state index in [1.807, 2.05) is 11.0 Å². The van der Waals surface area contributed by atoms with Gasteiger partial charge in [-0.1, -0.05) is 0 Å². The largest absolute Gasteiger partial charge is 0.353 e. The summed E-state index contributed by atoms with van der Waals surface area (Å²) < 4.78 is 1.17. The molecule has 0 aliphatic carbocycles. The highest BCUT2D eigenvalue weighted by molar-refractivity contribution is 7.17. The van der Waals surface area contributed by atoms with E-state index in [2.05, 4.69) is 30.5 Å². The molecule has 27 heavy (non-hydrogen) atoms. The van der Waals surface area contributed by atoms with E-state index in [9.17, 15) is 4.79 Å². The van der Waals surface area contributed by atoms with E-state index in [-0.39, 0.29) is 24.8 Å². The number of nitrogens with one attached hydrogen (secondary N) is 1. The van der Waals surface area contributed by atoms with Crippen molar-refractivity contribution in [2.75, 3.05) is 63.8 Å². The van der Waals surface area contributed by atoms with Gasteiger partial charge in [0.15, 0.2) is 0 Å². The van der Waals surface area contributed by atoms with Crippen molar-refractivity contribution in [3.8, 4) is 0 Å². The molecular formula is C17H26Cl2N6OS. The lowest BCUT2D eigenvalue weighted by molar-refractivity contribution is -0.132. The number of carbonyl (C=O) groups excluding carboxylic acids is 1. The van der Waals surface area contributed by atoms with Gasteiger partial charge in [0.25, 0.3) is 0 Å². The highest BCUT2D eigenvalue weighted by Gasteiger charge is 2.22. The van der Waals surface area contributed by atoms with Crippen LogP contribution in [-0.2, 0) is 4.79 Å². The van der Waals surface area contributed by atoms with Gasteiger partial charge >= 0.3 is 0 Å². The molecule has 2 saturated heterocycles. The first-order valence-electron chi connectivity index (χ1n) is 8.95. The van der Waals surface area contributed by atoms with Crippen molar-refractivity contribution in [3.05, 3.63) is 17.8 Å². The minimum atomic E-state index is 0.